The van der Waals surface area contributed by atoms with Crippen molar-refractivity contribution in [2.75, 3.05) is 0 Å². The molecule has 1 saturated carbocycles. The molecule has 0 atom stereocenters. The van der Waals surface area contributed by atoms with Crippen LogP contribution in [-0.2, 0) is 5.60 Å². The summed E-state index contributed by atoms with van der Waals surface area (Å²) in [7, 11) is 0. The number of primary amides is 1. The standard InChI is InChI=1S/C21H18F4N4O2/c1-21(2,31-17-9-15(24)14(23)8-16(17)25)20-28-27-19(29(20)11-4-5-11)12-6-3-10(18(26)30)7-13(12)22/h3,6-9,11H,4-5H2,1-2H3,(H2,26,30). The van der Waals surface area contributed by atoms with Crippen LogP contribution in [0.15, 0.2) is 30.3 Å². The zero-order valence-corrected chi connectivity index (χ0v) is 16.6. The van der Waals surface area contributed by atoms with Gasteiger partial charge in [0, 0.05) is 23.7 Å². The summed E-state index contributed by atoms with van der Waals surface area (Å²) in [5.41, 5.74) is 3.99. The first kappa shape index (κ1) is 20.8. The number of nitrogens with zero attached hydrogens (tertiary/aromatic N) is 3. The van der Waals surface area contributed by atoms with Crippen LogP contribution in [0.5, 0.6) is 5.75 Å². The van der Waals surface area contributed by atoms with Gasteiger partial charge in [0.05, 0.1) is 5.56 Å². The third-order valence-corrected chi connectivity index (χ3v) is 4.98. The lowest BCUT2D eigenvalue weighted by atomic mass is 10.1. The van der Waals surface area contributed by atoms with E-state index in [-0.39, 0.29) is 28.8 Å². The average Bonchev–Trinajstić information content (AvgIpc) is 3.43. The van der Waals surface area contributed by atoms with Crippen molar-refractivity contribution in [3.63, 3.8) is 0 Å². The third kappa shape index (κ3) is 3.85. The molecular weight excluding hydrogens is 416 g/mol. The molecule has 0 radical (unpaired) electrons. The molecule has 1 aliphatic rings. The van der Waals surface area contributed by atoms with Crippen LogP contribution in [0.3, 0.4) is 0 Å². The van der Waals surface area contributed by atoms with Crippen LogP contribution < -0.4 is 10.5 Å². The monoisotopic (exact) mass is 434 g/mol. The number of benzene rings is 2. The third-order valence-electron chi connectivity index (χ3n) is 4.98. The fraction of sp³-hybridized carbons (Fsp3) is 0.286. The largest absolute Gasteiger partial charge is 0.477 e. The zero-order valence-electron chi connectivity index (χ0n) is 16.6. The van der Waals surface area contributed by atoms with Gasteiger partial charge in [-0.15, -0.1) is 10.2 Å². The number of nitrogens with two attached hydrogens (primary N) is 1. The van der Waals surface area contributed by atoms with Crippen LogP contribution in [0.2, 0.25) is 0 Å². The number of carbonyl (C=O) groups is 1. The molecule has 3 aromatic rings. The number of amides is 1. The van der Waals surface area contributed by atoms with Crippen molar-refractivity contribution in [2.24, 2.45) is 5.73 Å². The molecule has 1 heterocycles. The minimum atomic E-state index is -1.33. The number of hydrogen-bond acceptors (Lipinski definition) is 4. The van der Waals surface area contributed by atoms with Crippen LogP contribution in [0.4, 0.5) is 17.6 Å². The Kier molecular flexibility index (Phi) is 4.95. The number of rotatable bonds is 6. The first-order valence-electron chi connectivity index (χ1n) is 9.47. The maximum Gasteiger partial charge on any atom is 0.248 e. The molecule has 0 aliphatic heterocycles. The SMILES string of the molecule is CC(C)(Oc1cc(F)c(F)cc1F)c1nnc(-c2ccc(C(N)=O)cc2F)n1C1CC1. The zero-order chi connectivity index (χ0) is 22.5. The van der Waals surface area contributed by atoms with Crippen molar-refractivity contribution in [1.29, 1.82) is 0 Å². The van der Waals surface area contributed by atoms with E-state index in [1.807, 2.05) is 0 Å². The van der Waals surface area contributed by atoms with Crippen LogP contribution in [0.1, 0.15) is 48.9 Å². The second kappa shape index (κ2) is 7.36. The van der Waals surface area contributed by atoms with E-state index in [1.54, 1.807) is 18.4 Å². The first-order chi connectivity index (χ1) is 14.6. The molecule has 4 rings (SSSR count). The van der Waals surface area contributed by atoms with Gasteiger partial charge in [-0.2, -0.15) is 0 Å². The smallest absolute Gasteiger partial charge is 0.248 e. The molecule has 0 spiro atoms. The van der Waals surface area contributed by atoms with E-state index in [1.165, 1.54) is 12.1 Å². The van der Waals surface area contributed by atoms with Crippen LogP contribution in [0.25, 0.3) is 11.4 Å². The summed E-state index contributed by atoms with van der Waals surface area (Å²) in [6.45, 7) is 3.12. The Bertz CT molecular complexity index is 1190. The Hall–Kier alpha value is -3.43. The molecule has 0 unspecified atom stereocenters. The van der Waals surface area contributed by atoms with Gasteiger partial charge >= 0.3 is 0 Å². The highest BCUT2D eigenvalue weighted by Crippen LogP contribution is 2.42. The summed E-state index contributed by atoms with van der Waals surface area (Å²) in [5.74, 6) is -5.17. The highest BCUT2D eigenvalue weighted by Gasteiger charge is 2.38. The summed E-state index contributed by atoms with van der Waals surface area (Å²) >= 11 is 0. The number of carbonyl (C=O) groups excluding carboxylic acids is 1. The summed E-state index contributed by atoms with van der Waals surface area (Å²) in [6, 6.07) is 4.76. The van der Waals surface area contributed by atoms with Crippen LogP contribution in [-0.4, -0.2) is 20.7 Å². The van der Waals surface area contributed by atoms with Crippen molar-refractivity contribution in [3.8, 4) is 17.1 Å². The van der Waals surface area contributed by atoms with Crippen molar-refractivity contribution < 1.29 is 27.1 Å². The second-order valence-electron chi connectivity index (χ2n) is 7.82. The van der Waals surface area contributed by atoms with E-state index in [9.17, 15) is 22.4 Å². The molecule has 2 aromatic carbocycles. The summed E-state index contributed by atoms with van der Waals surface area (Å²) in [6.07, 6.45) is 1.57. The number of hydrogen-bond donors (Lipinski definition) is 1. The van der Waals surface area contributed by atoms with Crippen molar-refractivity contribution in [2.45, 2.75) is 38.3 Å². The van der Waals surface area contributed by atoms with Gasteiger partial charge in [0.25, 0.3) is 0 Å². The molecule has 31 heavy (non-hydrogen) atoms. The fourth-order valence-corrected chi connectivity index (χ4v) is 3.32. The van der Waals surface area contributed by atoms with Gasteiger partial charge in [0.2, 0.25) is 5.91 Å². The number of ether oxygens (including phenoxy) is 1. The minimum absolute atomic E-state index is 0.0106. The molecular formula is C21H18F4N4O2. The molecule has 1 aromatic heterocycles. The minimum Gasteiger partial charge on any atom is -0.477 e. The summed E-state index contributed by atoms with van der Waals surface area (Å²) in [5, 5.41) is 8.22. The van der Waals surface area contributed by atoms with Gasteiger partial charge in [-0.25, -0.2) is 17.6 Å². The van der Waals surface area contributed by atoms with Crippen molar-refractivity contribution in [3.05, 3.63) is 65.0 Å². The van der Waals surface area contributed by atoms with E-state index < -0.39 is 40.5 Å². The predicted molar refractivity (Wildman–Crippen MR) is 102 cm³/mol. The first-order valence-corrected chi connectivity index (χ1v) is 9.47. The van der Waals surface area contributed by atoms with Crippen LogP contribution >= 0.6 is 0 Å². The molecule has 6 nitrogen and oxygen atoms in total. The van der Waals surface area contributed by atoms with Gasteiger partial charge in [-0.3, -0.25) is 4.79 Å². The average molecular weight is 434 g/mol. The van der Waals surface area contributed by atoms with Crippen molar-refractivity contribution >= 4 is 5.91 Å². The lowest BCUT2D eigenvalue weighted by molar-refractivity contribution is 0.0874. The Morgan fingerprint density at radius 3 is 2.32 bits per heavy atom. The highest BCUT2D eigenvalue weighted by atomic mass is 19.2. The molecule has 1 fully saturated rings. The lowest BCUT2D eigenvalue weighted by Crippen LogP contribution is -2.30. The predicted octanol–water partition coefficient (Wildman–Crippen LogP) is 4.25. The molecule has 0 saturated heterocycles. The van der Waals surface area contributed by atoms with Gasteiger partial charge < -0.3 is 15.0 Å². The summed E-state index contributed by atoms with van der Waals surface area (Å²) < 4.78 is 63.0. The molecule has 10 heteroatoms. The Morgan fingerprint density at radius 2 is 1.71 bits per heavy atom. The maximum atomic E-state index is 14.7. The molecule has 1 aliphatic carbocycles. The van der Waals surface area contributed by atoms with Crippen molar-refractivity contribution in [1.82, 2.24) is 14.8 Å². The van der Waals surface area contributed by atoms with Gasteiger partial charge in [0.1, 0.15) is 5.82 Å². The van der Waals surface area contributed by atoms with Gasteiger partial charge in [-0.1, -0.05) is 0 Å². The Labute approximate surface area is 174 Å². The topological polar surface area (TPSA) is 83.0 Å². The quantitative estimate of drug-likeness (QED) is 0.465. The second-order valence-corrected chi connectivity index (χ2v) is 7.82. The normalized spacial score (nSPS) is 14.0. The molecule has 0 bridgehead atoms. The van der Waals surface area contributed by atoms with Crippen LogP contribution in [0, 0.1) is 23.3 Å². The molecule has 2 N–H and O–H groups in total. The maximum absolute atomic E-state index is 14.7. The Balaban J connectivity index is 1.76. The van der Waals surface area contributed by atoms with Gasteiger partial charge in [-0.05, 0) is 44.9 Å². The number of aromatic nitrogens is 3. The van der Waals surface area contributed by atoms with E-state index >= 15 is 0 Å². The molecule has 162 valence electrons. The van der Waals surface area contributed by atoms with E-state index in [2.05, 4.69) is 10.2 Å². The lowest BCUT2D eigenvalue weighted by Gasteiger charge is -2.27. The summed E-state index contributed by atoms with van der Waals surface area (Å²) in [4.78, 5) is 11.3. The molecule has 1 amide bonds. The Morgan fingerprint density at radius 1 is 1.03 bits per heavy atom. The van der Waals surface area contributed by atoms with E-state index in [0.717, 1.165) is 18.9 Å². The highest BCUT2D eigenvalue weighted by molar-refractivity contribution is 5.93. The van der Waals surface area contributed by atoms with E-state index in [4.69, 9.17) is 10.5 Å². The van der Waals surface area contributed by atoms with E-state index in [0.29, 0.717) is 12.1 Å². The number of halogens is 4. The fourth-order valence-electron chi connectivity index (χ4n) is 3.32. The van der Waals surface area contributed by atoms with Gasteiger partial charge in [0.15, 0.2) is 40.5 Å².